The molecule has 4 rings (SSSR count). The number of rotatable bonds is 10. The van der Waals surface area contributed by atoms with Crippen molar-refractivity contribution in [2.24, 2.45) is 0 Å². The second-order valence-corrected chi connectivity index (χ2v) is 10.5. The molecule has 0 saturated carbocycles. The lowest BCUT2D eigenvalue weighted by Gasteiger charge is -2.24. The van der Waals surface area contributed by atoms with Gasteiger partial charge in [-0.25, -0.2) is 18.6 Å². The van der Waals surface area contributed by atoms with Crippen LogP contribution in [0.3, 0.4) is 0 Å². The maximum absolute atomic E-state index is 14.5. The number of anilines is 1. The van der Waals surface area contributed by atoms with Crippen molar-refractivity contribution in [1.29, 1.82) is 0 Å². The van der Waals surface area contributed by atoms with Gasteiger partial charge < -0.3 is 5.11 Å². The molecule has 0 aliphatic heterocycles. The number of unbranched alkanes of at least 4 members (excludes halogenated alkanes) is 4. The van der Waals surface area contributed by atoms with Crippen LogP contribution in [-0.2, 0) is 11.2 Å². The molecule has 2 aromatic carbocycles. The maximum Gasteiger partial charge on any atom is 0.331 e. The van der Waals surface area contributed by atoms with Gasteiger partial charge in [0.2, 0.25) is 0 Å². The number of fused-ring (bicyclic) bond motifs is 3. The van der Waals surface area contributed by atoms with Gasteiger partial charge in [-0.15, -0.1) is 11.3 Å². The summed E-state index contributed by atoms with van der Waals surface area (Å²) >= 11 is 1.39. The Morgan fingerprint density at radius 2 is 1.84 bits per heavy atom. The van der Waals surface area contributed by atoms with E-state index in [4.69, 9.17) is 5.11 Å². The highest BCUT2D eigenvalue weighted by atomic mass is 32.1. The van der Waals surface area contributed by atoms with Crippen LogP contribution in [0.2, 0.25) is 0 Å². The number of carboxylic acids is 1. The van der Waals surface area contributed by atoms with E-state index in [0.29, 0.717) is 11.0 Å². The van der Waals surface area contributed by atoms with Gasteiger partial charge in [-0.2, -0.15) is 0 Å². The number of hydrogen-bond donors (Lipinski definition) is 2. The van der Waals surface area contributed by atoms with Crippen LogP contribution < -0.4 is 5.32 Å². The molecule has 8 heteroatoms. The van der Waals surface area contributed by atoms with Crippen molar-refractivity contribution in [2.75, 3.05) is 5.32 Å². The fourth-order valence-electron chi connectivity index (χ4n) is 4.71. The van der Waals surface area contributed by atoms with Crippen molar-refractivity contribution in [3.8, 4) is 11.3 Å². The van der Waals surface area contributed by atoms with Gasteiger partial charge in [0.1, 0.15) is 11.6 Å². The Kier molecular flexibility index (Phi) is 8.48. The number of aromatic nitrogens is 1. The Hall–Kier alpha value is -3.39. The highest BCUT2D eigenvalue weighted by Crippen LogP contribution is 2.44. The van der Waals surface area contributed by atoms with Crippen LogP contribution in [0.4, 0.5) is 13.9 Å². The van der Waals surface area contributed by atoms with Crippen LogP contribution in [0, 0.1) is 11.6 Å². The SMILES string of the molecule is CCCCCCCC1Cc2sc(NC(=O)c3cc(F)c(/C=C(\C)C(=O)O)c(F)c3)nc2-c2ccccc21. The van der Waals surface area contributed by atoms with E-state index in [-0.39, 0.29) is 11.1 Å². The summed E-state index contributed by atoms with van der Waals surface area (Å²) in [5.41, 5.74) is 2.26. The minimum atomic E-state index is -1.28. The number of halogens is 2. The normalized spacial score (nSPS) is 14.7. The zero-order valence-electron chi connectivity index (χ0n) is 20.9. The van der Waals surface area contributed by atoms with E-state index in [1.165, 1.54) is 55.9 Å². The zero-order chi connectivity index (χ0) is 26.5. The van der Waals surface area contributed by atoms with Crippen LogP contribution in [0.5, 0.6) is 0 Å². The minimum Gasteiger partial charge on any atom is -0.478 e. The molecule has 1 aliphatic rings. The average molecular weight is 525 g/mol. The van der Waals surface area contributed by atoms with E-state index < -0.39 is 29.1 Å². The first-order valence-corrected chi connectivity index (χ1v) is 13.4. The summed E-state index contributed by atoms with van der Waals surface area (Å²) in [6.45, 7) is 3.45. The van der Waals surface area contributed by atoms with E-state index in [1.807, 2.05) is 12.1 Å². The highest BCUT2D eigenvalue weighted by molar-refractivity contribution is 7.16. The number of carbonyl (C=O) groups excluding carboxylic acids is 1. The van der Waals surface area contributed by atoms with E-state index >= 15 is 0 Å². The molecule has 37 heavy (non-hydrogen) atoms. The molecule has 0 saturated heterocycles. The summed E-state index contributed by atoms with van der Waals surface area (Å²) < 4.78 is 29.1. The third-order valence-electron chi connectivity index (χ3n) is 6.70. The predicted octanol–water partition coefficient (Wildman–Crippen LogP) is 7.83. The highest BCUT2D eigenvalue weighted by Gasteiger charge is 2.28. The number of aliphatic carboxylic acids is 1. The van der Waals surface area contributed by atoms with Crippen molar-refractivity contribution < 1.29 is 23.5 Å². The Balaban J connectivity index is 1.52. The van der Waals surface area contributed by atoms with Gasteiger partial charge >= 0.3 is 5.97 Å². The van der Waals surface area contributed by atoms with Crippen LogP contribution in [0.15, 0.2) is 42.0 Å². The van der Waals surface area contributed by atoms with Crippen molar-refractivity contribution >= 4 is 34.4 Å². The van der Waals surface area contributed by atoms with Crippen molar-refractivity contribution in [1.82, 2.24) is 4.98 Å². The lowest BCUT2D eigenvalue weighted by atomic mass is 9.81. The molecule has 0 fully saturated rings. The molecule has 1 amide bonds. The fourth-order valence-corrected chi connectivity index (χ4v) is 5.76. The third kappa shape index (κ3) is 6.13. The fraction of sp³-hybridized carbons (Fsp3) is 0.345. The second-order valence-electron chi connectivity index (χ2n) is 9.42. The summed E-state index contributed by atoms with van der Waals surface area (Å²) in [4.78, 5) is 29.6. The number of nitrogens with one attached hydrogen (secondary N) is 1. The molecule has 2 N–H and O–H groups in total. The summed E-state index contributed by atoms with van der Waals surface area (Å²) in [7, 11) is 0. The number of benzene rings is 2. The quantitative estimate of drug-likeness (QED) is 0.209. The zero-order valence-corrected chi connectivity index (χ0v) is 21.8. The van der Waals surface area contributed by atoms with Crippen molar-refractivity contribution in [3.05, 3.63) is 75.2 Å². The standard InChI is InChI=1S/C29H30F2N2O3S/c1-3-4-5-6-7-10-18-16-25-26(21-12-9-8-11-20(18)21)32-29(37-25)33-27(34)19-14-23(30)22(24(31)15-19)13-17(2)28(35)36/h8-9,11-15,18H,3-7,10,16H2,1-2H3,(H,35,36)(H,32,33,34)/b17-13+. The Labute approximate surface area is 219 Å². The molecular weight excluding hydrogens is 494 g/mol. The smallest absolute Gasteiger partial charge is 0.331 e. The van der Waals surface area contributed by atoms with Crippen LogP contribution >= 0.6 is 11.3 Å². The molecule has 1 aliphatic carbocycles. The molecule has 5 nitrogen and oxygen atoms in total. The van der Waals surface area contributed by atoms with E-state index in [1.54, 1.807) is 0 Å². The molecule has 1 unspecified atom stereocenters. The summed E-state index contributed by atoms with van der Waals surface area (Å²) in [5.74, 6) is -3.60. The lowest BCUT2D eigenvalue weighted by molar-refractivity contribution is -0.132. The molecule has 1 aromatic heterocycles. The van der Waals surface area contributed by atoms with E-state index in [9.17, 15) is 18.4 Å². The average Bonchev–Trinajstić information content (AvgIpc) is 3.28. The van der Waals surface area contributed by atoms with Crippen molar-refractivity contribution in [3.63, 3.8) is 0 Å². The maximum atomic E-state index is 14.5. The third-order valence-corrected chi connectivity index (χ3v) is 7.69. The number of carboxylic acid groups (broad SMARTS) is 1. The minimum absolute atomic E-state index is 0.210. The van der Waals surface area contributed by atoms with Crippen LogP contribution in [-0.4, -0.2) is 22.0 Å². The molecule has 194 valence electrons. The largest absolute Gasteiger partial charge is 0.478 e. The number of nitrogens with zero attached hydrogens (tertiary/aromatic N) is 1. The van der Waals surface area contributed by atoms with Crippen LogP contribution in [0.1, 0.15) is 84.7 Å². The lowest BCUT2D eigenvalue weighted by Crippen LogP contribution is -2.13. The summed E-state index contributed by atoms with van der Waals surface area (Å²) in [6, 6.07) is 10.0. The first kappa shape index (κ1) is 26.7. The van der Waals surface area contributed by atoms with Gasteiger partial charge in [-0.3, -0.25) is 10.1 Å². The Morgan fingerprint density at radius 1 is 1.14 bits per heavy atom. The van der Waals surface area contributed by atoms with Gasteiger partial charge in [0.15, 0.2) is 5.13 Å². The van der Waals surface area contributed by atoms with Gasteiger partial charge in [0.05, 0.1) is 5.69 Å². The Morgan fingerprint density at radius 3 is 2.54 bits per heavy atom. The summed E-state index contributed by atoms with van der Waals surface area (Å²) in [6.07, 6.45) is 8.98. The number of hydrogen-bond acceptors (Lipinski definition) is 4. The first-order valence-electron chi connectivity index (χ1n) is 12.6. The van der Waals surface area contributed by atoms with Gasteiger partial charge in [0, 0.05) is 27.1 Å². The predicted molar refractivity (Wildman–Crippen MR) is 143 cm³/mol. The molecule has 3 aromatic rings. The van der Waals surface area contributed by atoms with Gasteiger partial charge in [-0.05, 0) is 49.5 Å². The van der Waals surface area contributed by atoms with Crippen LogP contribution in [0.25, 0.3) is 17.3 Å². The molecule has 0 spiro atoms. The van der Waals surface area contributed by atoms with Gasteiger partial charge in [-0.1, -0.05) is 63.3 Å². The van der Waals surface area contributed by atoms with Crippen molar-refractivity contribution in [2.45, 2.75) is 64.7 Å². The molecule has 1 atom stereocenters. The number of amides is 1. The first-order chi connectivity index (χ1) is 17.8. The summed E-state index contributed by atoms with van der Waals surface area (Å²) in [5, 5.41) is 12.0. The monoisotopic (exact) mass is 524 g/mol. The van der Waals surface area contributed by atoms with E-state index in [0.717, 1.165) is 47.2 Å². The van der Waals surface area contributed by atoms with E-state index in [2.05, 4.69) is 29.4 Å². The molecular formula is C29H30F2N2O3S. The molecule has 0 bridgehead atoms. The van der Waals surface area contributed by atoms with Gasteiger partial charge in [0.25, 0.3) is 5.91 Å². The number of thiazole rings is 1. The molecule has 1 heterocycles. The molecule has 0 radical (unpaired) electrons. The Bertz CT molecular complexity index is 1330. The topological polar surface area (TPSA) is 79.3 Å². The number of carbonyl (C=O) groups is 2. The second kappa shape index (κ2) is 11.8.